The monoisotopic (exact) mass is 314 g/mol. The fourth-order valence-electron chi connectivity index (χ4n) is 1.74. The molecule has 0 saturated carbocycles. The lowest BCUT2D eigenvalue weighted by Gasteiger charge is -2.25. The summed E-state index contributed by atoms with van der Waals surface area (Å²) in [4.78, 5) is 13.0. The van der Waals surface area contributed by atoms with Gasteiger partial charge in [0.15, 0.2) is 6.29 Å². The van der Waals surface area contributed by atoms with Crippen molar-refractivity contribution in [1.29, 1.82) is 0 Å². The van der Waals surface area contributed by atoms with Crippen molar-refractivity contribution < 1.29 is 14.3 Å². The van der Waals surface area contributed by atoms with Crippen molar-refractivity contribution in [3.8, 4) is 11.5 Å². The van der Waals surface area contributed by atoms with Crippen molar-refractivity contribution in [3.63, 3.8) is 0 Å². The van der Waals surface area contributed by atoms with Crippen LogP contribution in [0.2, 0.25) is 0 Å². The van der Waals surface area contributed by atoms with Crippen LogP contribution in [0.25, 0.3) is 0 Å². The second-order valence-electron chi connectivity index (χ2n) is 4.03. The topological polar surface area (TPSA) is 38.8 Å². The van der Waals surface area contributed by atoms with Crippen LogP contribution in [0.3, 0.4) is 0 Å². The molecule has 1 rings (SSSR count). The van der Waals surface area contributed by atoms with E-state index in [0.29, 0.717) is 21.5 Å². The van der Waals surface area contributed by atoms with E-state index in [1.54, 1.807) is 13.2 Å². The third kappa shape index (κ3) is 2.67. The van der Waals surface area contributed by atoms with Crippen LogP contribution in [0.4, 0.5) is 0 Å². The molecule has 1 atom stereocenters. The van der Waals surface area contributed by atoms with Crippen molar-refractivity contribution in [2.75, 3.05) is 28.3 Å². The number of aldehydes is 1. The molecular formula is C13H17BrNO3. The molecule has 0 aliphatic carbocycles. The first-order chi connectivity index (χ1) is 8.47. The van der Waals surface area contributed by atoms with Crippen LogP contribution in [0.15, 0.2) is 10.5 Å². The van der Waals surface area contributed by atoms with Crippen LogP contribution in [0, 0.1) is 6.92 Å². The minimum atomic E-state index is -0.189. The molecule has 0 spiro atoms. The summed E-state index contributed by atoms with van der Waals surface area (Å²) in [6.07, 6.45) is 0.759. The van der Waals surface area contributed by atoms with Gasteiger partial charge in [-0.25, -0.2) is 0 Å². The first kappa shape index (κ1) is 15.0. The smallest absolute Gasteiger partial charge is 0.153 e. The molecule has 0 amide bonds. The fraction of sp³-hybridized carbons (Fsp3) is 0.385. The van der Waals surface area contributed by atoms with Gasteiger partial charge in [-0.2, -0.15) is 0 Å². The lowest BCUT2D eigenvalue weighted by atomic mass is 10.0. The second kappa shape index (κ2) is 6.20. The van der Waals surface area contributed by atoms with Gasteiger partial charge in [-0.15, -0.1) is 0 Å². The Labute approximate surface area is 116 Å². The summed E-state index contributed by atoms with van der Waals surface area (Å²) in [6.45, 7) is 4.07. The van der Waals surface area contributed by atoms with Crippen LogP contribution < -0.4 is 9.47 Å². The molecule has 5 heteroatoms. The molecule has 0 fully saturated rings. The molecule has 99 valence electrons. The number of carbonyl (C=O) groups is 1. The Morgan fingerprint density at radius 1 is 1.33 bits per heavy atom. The van der Waals surface area contributed by atoms with Crippen molar-refractivity contribution in [2.24, 2.45) is 0 Å². The summed E-state index contributed by atoms with van der Waals surface area (Å²) < 4.78 is 11.4. The van der Waals surface area contributed by atoms with Crippen LogP contribution in [-0.4, -0.2) is 39.5 Å². The highest BCUT2D eigenvalue weighted by atomic mass is 79.9. The Morgan fingerprint density at radius 2 is 1.89 bits per heavy atom. The van der Waals surface area contributed by atoms with Crippen molar-refractivity contribution in [3.05, 3.63) is 28.6 Å². The van der Waals surface area contributed by atoms with Gasteiger partial charge in [-0.3, -0.25) is 4.79 Å². The van der Waals surface area contributed by atoms with Crippen LogP contribution in [0.1, 0.15) is 22.0 Å². The molecule has 1 aromatic rings. The predicted octanol–water partition coefficient (Wildman–Crippen LogP) is 2.72. The fourth-order valence-corrected chi connectivity index (χ4v) is 2.36. The highest BCUT2D eigenvalue weighted by Gasteiger charge is 2.24. The number of methoxy groups -OCH3 is 2. The van der Waals surface area contributed by atoms with Crippen molar-refractivity contribution in [1.82, 2.24) is 4.90 Å². The first-order valence-electron chi connectivity index (χ1n) is 5.37. The Morgan fingerprint density at radius 3 is 2.28 bits per heavy atom. The molecule has 1 unspecified atom stereocenters. The molecule has 0 aliphatic rings. The van der Waals surface area contributed by atoms with Crippen LogP contribution >= 0.6 is 15.9 Å². The quantitative estimate of drug-likeness (QED) is 0.783. The maximum absolute atomic E-state index is 11.1. The summed E-state index contributed by atoms with van der Waals surface area (Å²) in [5.41, 5.74) is 1.22. The standard InChI is InChI=1S/C13H17BrNO3/c1-8(15(2)3)11-12(17-4)9(7-16)6-10(14)13(11)18-5/h6-8H,1H2,2-5H3. The molecular weight excluding hydrogens is 298 g/mol. The average molecular weight is 315 g/mol. The second-order valence-corrected chi connectivity index (χ2v) is 4.88. The zero-order valence-corrected chi connectivity index (χ0v) is 12.6. The van der Waals surface area contributed by atoms with E-state index in [-0.39, 0.29) is 6.04 Å². The van der Waals surface area contributed by atoms with Gasteiger partial charge in [0.1, 0.15) is 11.5 Å². The Hall–Kier alpha value is -1.07. The highest BCUT2D eigenvalue weighted by molar-refractivity contribution is 9.10. The maximum Gasteiger partial charge on any atom is 0.153 e. The molecule has 18 heavy (non-hydrogen) atoms. The minimum absolute atomic E-state index is 0.189. The van der Waals surface area contributed by atoms with Crippen molar-refractivity contribution >= 4 is 22.2 Å². The number of halogens is 1. The molecule has 0 N–H and O–H groups in total. The zero-order chi connectivity index (χ0) is 13.9. The summed E-state index contributed by atoms with van der Waals surface area (Å²) in [7, 11) is 6.91. The molecule has 0 aromatic heterocycles. The van der Waals surface area contributed by atoms with E-state index in [9.17, 15) is 4.79 Å². The van der Waals surface area contributed by atoms with Gasteiger partial charge in [-0.05, 0) is 43.0 Å². The van der Waals surface area contributed by atoms with Gasteiger partial charge in [0, 0.05) is 6.04 Å². The number of ether oxygens (including phenoxy) is 2. The SMILES string of the molecule is [CH2]C(c1c(OC)c(Br)cc(C=O)c1OC)N(C)C. The Balaban J connectivity index is 3.60. The van der Waals surface area contributed by atoms with E-state index in [1.165, 1.54) is 7.11 Å². The van der Waals surface area contributed by atoms with Crippen LogP contribution in [0.5, 0.6) is 11.5 Å². The number of hydrogen-bond donors (Lipinski definition) is 0. The molecule has 0 aliphatic heterocycles. The third-order valence-corrected chi connectivity index (χ3v) is 3.33. The molecule has 0 bridgehead atoms. The van der Waals surface area contributed by atoms with Gasteiger partial charge in [0.2, 0.25) is 0 Å². The Kier molecular flexibility index (Phi) is 5.16. The third-order valence-electron chi connectivity index (χ3n) is 2.74. The normalized spacial score (nSPS) is 12.4. The zero-order valence-electron chi connectivity index (χ0n) is 11.0. The average Bonchev–Trinajstić information content (AvgIpc) is 2.36. The van der Waals surface area contributed by atoms with E-state index in [2.05, 4.69) is 22.9 Å². The maximum atomic E-state index is 11.1. The van der Waals surface area contributed by atoms with E-state index in [0.717, 1.165) is 11.8 Å². The first-order valence-corrected chi connectivity index (χ1v) is 6.16. The van der Waals surface area contributed by atoms with Crippen molar-refractivity contribution in [2.45, 2.75) is 6.04 Å². The molecule has 1 aromatic carbocycles. The number of nitrogens with zero attached hydrogens (tertiary/aromatic N) is 1. The summed E-state index contributed by atoms with van der Waals surface area (Å²) in [5.74, 6) is 1.13. The van der Waals surface area contributed by atoms with E-state index < -0.39 is 0 Å². The summed E-state index contributed by atoms with van der Waals surface area (Å²) in [5, 5.41) is 0. The predicted molar refractivity (Wildman–Crippen MR) is 74.4 cm³/mol. The number of hydrogen-bond acceptors (Lipinski definition) is 4. The van der Waals surface area contributed by atoms with Gasteiger partial charge >= 0.3 is 0 Å². The summed E-state index contributed by atoms with van der Waals surface area (Å²) in [6, 6.07) is 1.49. The lowest BCUT2D eigenvalue weighted by Crippen LogP contribution is -2.19. The van der Waals surface area contributed by atoms with Gasteiger partial charge in [0.05, 0.1) is 29.8 Å². The van der Waals surface area contributed by atoms with Gasteiger partial charge in [-0.1, -0.05) is 0 Å². The number of carbonyl (C=O) groups excluding carboxylic acids is 1. The largest absolute Gasteiger partial charge is 0.496 e. The van der Waals surface area contributed by atoms with E-state index in [1.807, 2.05) is 19.0 Å². The number of rotatable bonds is 5. The lowest BCUT2D eigenvalue weighted by molar-refractivity contribution is 0.112. The summed E-state index contributed by atoms with van der Waals surface area (Å²) >= 11 is 3.39. The number of benzene rings is 1. The molecule has 0 saturated heterocycles. The Bertz CT molecular complexity index is 446. The van der Waals surface area contributed by atoms with Crippen LogP contribution in [-0.2, 0) is 0 Å². The highest BCUT2D eigenvalue weighted by Crippen LogP contribution is 2.42. The minimum Gasteiger partial charge on any atom is -0.496 e. The van der Waals surface area contributed by atoms with Gasteiger partial charge in [0.25, 0.3) is 0 Å². The molecule has 0 heterocycles. The molecule has 1 radical (unpaired) electrons. The molecule has 4 nitrogen and oxygen atoms in total. The van der Waals surface area contributed by atoms with Gasteiger partial charge < -0.3 is 14.4 Å². The van der Waals surface area contributed by atoms with E-state index >= 15 is 0 Å². The van der Waals surface area contributed by atoms with E-state index in [4.69, 9.17) is 9.47 Å².